The molecule has 0 aliphatic carbocycles. The molecule has 0 fully saturated rings. The molecule has 0 saturated heterocycles. The summed E-state index contributed by atoms with van der Waals surface area (Å²) in [7, 11) is 0. The maximum Gasteiger partial charge on any atom is 0.310 e. The fraction of sp³-hybridized carbons (Fsp3) is 0.562. The molecule has 1 unspecified atom stereocenters. The van der Waals surface area contributed by atoms with Gasteiger partial charge in [0.1, 0.15) is 0 Å². The van der Waals surface area contributed by atoms with Crippen molar-refractivity contribution < 1.29 is 9.90 Å². The third-order valence-electron chi connectivity index (χ3n) is 3.42. The second kappa shape index (κ2) is 8.98. The fourth-order valence-electron chi connectivity index (χ4n) is 2.26. The first-order valence-electron chi connectivity index (χ1n) is 7.13. The predicted molar refractivity (Wildman–Crippen MR) is 79.8 cm³/mol. The van der Waals surface area contributed by atoms with Crippen LogP contribution in [0.1, 0.15) is 63.4 Å². The van der Waals surface area contributed by atoms with Crippen molar-refractivity contribution in [3.05, 3.63) is 34.9 Å². The minimum atomic E-state index is -0.740. The Morgan fingerprint density at radius 1 is 1.11 bits per heavy atom. The number of unbranched alkanes of at least 4 members (excludes halogenated alkanes) is 5. The summed E-state index contributed by atoms with van der Waals surface area (Å²) in [6.07, 6.45) is 7.79. The molecule has 0 bridgehead atoms. The van der Waals surface area contributed by atoms with Gasteiger partial charge in [0.05, 0.1) is 5.92 Å². The lowest BCUT2D eigenvalue weighted by atomic mass is 9.93. The van der Waals surface area contributed by atoms with Crippen molar-refractivity contribution in [3.8, 4) is 0 Å². The third kappa shape index (κ3) is 6.11. The molecule has 0 aliphatic heterocycles. The molecular weight excluding hydrogens is 260 g/mol. The van der Waals surface area contributed by atoms with Crippen molar-refractivity contribution in [2.45, 2.75) is 57.8 Å². The summed E-state index contributed by atoms with van der Waals surface area (Å²) in [6, 6.07) is 7.15. The molecule has 1 aromatic carbocycles. The van der Waals surface area contributed by atoms with Crippen LogP contribution in [0.15, 0.2) is 24.3 Å². The quantitative estimate of drug-likeness (QED) is 0.627. The summed E-state index contributed by atoms with van der Waals surface area (Å²) < 4.78 is 0. The molecule has 19 heavy (non-hydrogen) atoms. The van der Waals surface area contributed by atoms with E-state index in [4.69, 9.17) is 11.6 Å². The van der Waals surface area contributed by atoms with Gasteiger partial charge in [-0.1, -0.05) is 69.2 Å². The molecule has 106 valence electrons. The normalized spacial score (nSPS) is 12.3. The van der Waals surface area contributed by atoms with Crippen molar-refractivity contribution in [3.63, 3.8) is 0 Å². The van der Waals surface area contributed by atoms with E-state index in [0.717, 1.165) is 18.4 Å². The van der Waals surface area contributed by atoms with E-state index in [0.29, 0.717) is 11.4 Å². The highest BCUT2D eigenvalue weighted by molar-refractivity contribution is 6.30. The maximum atomic E-state index is 11.3. The van der Waals surface area contributed by atoms with E-state index in [2.05, 4.69) is 6.92 Å². The summed E-state index contributed by atoms with van der Waals surface area (Å²) in [5.41, 5.74) is 0.852. The number of carbonyl (C=O) groups is 1. The minimum Gasteiger partial charge on any atom is -0.481 e. The van der Waals surface area contributed by atoms with Crippen LogP contribution < -0.4 is 0 Å². The fourth-order valence-corrected chi connectivity index (χ4v) is 2.38. The first kappa shape index (κ1) is 16.0. The number of carboxylic acids is 1. The van der Waals surface area contributed by atoms with Gasteiger partial charge in [-0.25, -0.2) is 0 Å². The van der Waals surface area contributed by atoms with Crippen LogP contribution in [-0.4, -0.2) is 11.1 Å². The lowest BCUT2D eigenvalue weighted by Crippen LogP contribution is -2.11. The molecule has 0 aromatic heterocycles. The molecule has 0 radical (unpaired) electrons. The number of hydrogen-bond acceptors (Lipinski definition) is 1. The number of carboxylic acid groups (broad SMARTS) is 1. The molecule has 0 heterocycles. The summed E-state index contributed by atoms with van der Waals surface area (Å²) >= 11 is 5.82. The Hall–Kier alpha value is -1.02. The second-order valence-corrected chi connectivity index (χ2v) is 5.44. The zero-order valence-corrected chi connectivity index (χ0v) is 12.3. The monoisotopic (exact) mass is 282 g/mol. The average Bonchev–Trinajstić information content (AvgIpc) is 2.39. The summed E-state index contributed by atoms with van der Waals surface area (Å²) in [6.45, 7) is 2.20. The molecule has 3 heteroatoms. The molecular formula is C16H23ClO2. The van der Waals surface area contributed by atoms with Crippen molar-refractivity contribution in [2.24, 2.45) is 0 Å². The van der Waals surface area contributed by atoms with Gasteiger partial charge in [0.15, 0.2) is 0 Å². The maximum absolute atomic E-state index is 11.3. The first-order chi connectivity index (χ1) is 9.15. The van der Waals surface area contributed by atoms with E-state index in [1.807, 2.05) is 12.1 Å². The highest BCUT2D eigenvalue weighted by atomic mass is 35.5. The molecule has 1 N–H and O–H groups in total. The molecule has 1 rings (SSSR count). The number of aliphatic carboxylic acids is 1. The number of halogens is 1. The van der Waals surface area contributed by atoms with Crippen LogP contribution in [0.2, 0.25) is 5.02 Å². The topological polar surface area (TPSA) is 37.3 Å². The highest BCUT2D eigenvalue weighted by Crippen LogP contribution is 2.24. The summed E-state index contributed by atoms with van der Waals surface area (Å²) in [4.78, 5) is 11.3. The molecule has 1 atom stereocenters. The number of rotatable bonds is 9. The smallest absolute Gasteiger partial charge is 0.310 e. The van der Waals surface area contributed by atoms with Gasteiger partial charge >= 0.3 is 5.97 Å². The van der Waals surface area contributed by atoms with Crippen LogP contribution >= 0.6 is 11.6 Å². The Balaban J connectivity index is 2.41. The molecule has 0 aliphatic rings. The zero-order valence-electron chi connectivity index (χ0n) is 11.6. The third-order valence-corrected chi connectivity index (χ3v) is 3.67. The van der Waals surface area contributed by atoms with Gasteiger partial charge in [-0.15, -0.1) is 0 Å². The largest absolute Gasteiger partial charge is 0.481 e. The van der Waals surface area contributed by atoms with Crippen LogP contribution in [0.5, 0.6) is 0 Å². The molecule has 0 amide bonds. The van der Waals surface area contributed by atoms with Gasteiger partial charge in [0, 0.05) is 5.02 Å². The van der Waals surface area contributed by atoms with Crippen LogP contribution in [0.4, 0.5) is 0 Å². The van der Waals surface area contributed by atoms with Gasteiger partial charge in [0.2, 0.25) is 0 Å². The SMILES string of the molecule is CCCCCCCCC(C(=O)O)c1ccc(Cl)cc1. The number of benzene rings is 1. The van der Waals surface area contributed by atoms with Gasteiger partial charge in [-0.05, 0) is 24.1 Å². The van der Waals surface area contributed by atoms with E-state index in [9.17, 15) is 9.90 Å². The molecule has 2 nitrogen and oxygen atoms in total. The van der Waals surface area contributed by atoms with E-state index in [-0.39, 0.29) is 0 Å². The summed E-state index contributed by atoms with van der Waals surface area (Å²) in [5, 5.41) is 9.95. The van der Waals surface area contributed by atoms with Crippen molar-refractivity contribution in [1.82, 2.24) is 0 Å². The Morgan fingerprint density at radius 3 is 2.26 bits per heavy atom. The van der Waals surface area contributed by atoms with Crippen molar-refractivity contribution in [1.29, 1.82) is 0 Å². The van der Waals surface area contributed by atoms with Crippen molar-refractivity contribution in [2.75, 3.05) is 0 Å². The lowest BCUT2D eigenvalue weighted by Gasteiger charge is -2.12. The van der Waals surface area contributed by atoms with E-state index >= 15 is 0 Å². The molecule has 0 saturated carbocycles. The molecule has 1 aromatic rings. The summed E-state index contributed by atoms with van der Waals surface area (Å²) in [5.74, 6) is -1.14. The van der Waals surface area contributed by atoms with Gasteiger partial charge < -0.3 is 5.11 Å². The zero-order chi connectivity index (χ0) is 14.1. The van der Waals surface area contributed by atoms with Crippen LogP contribution in [0.3, 0.4) is 0 Å². The Labute approximate surface area is 120 Å². The van der Waals surface area contributed by atoms with Gasteiger partial charge in [0.25, 0.3) is 0 Å². The van der Waals surface area contributed by atoms with Crippen LogP contribution in [0.25, 0.3) is 0 Å². The Kier molecular flexibility index (Phi) is 7.57. The van der Waals surface area contributed by atoms with Gasteiger partial charge in [-0.2, -0.15) is 0 Å². The number of hydrogen-bond donors (Lipinski definition) is 1. The van der Waals surface area contributed by atoms with Crippen LogP contribution in [-0.2, 0) is 4.79 Å². The average molecular weight is 283 g/mol. The lowest BCUT2D eigenvalue weighted by molar-refractivity contribution is -0.139. The van der Waals surface area contributed by atoms with E-state index in [1.165, 1.54) is 25.7 Å². The Morgan fingerprint density at radius 2 is 1.68 bits per heavy atom. The van der Waals surface area contributed by atoms with Crippen molar-refractivity contribution >= 4 is 17.6 Å². The standard InChI is InChI=1S/C16H23ClO2/c1-2-3-4-5-6-7-8-15(16(18)19)13-9-11-14(17)12-10-13/h9-12,15H,2-8H2,1H3,(H,18,19). The first-order valence-corrected chi connectivity index (χ1v) is 7.51. The Bertz CT molecular complexity index is 373. The van der Waals surface area contributed by atoms with Gasteiger partial charge in [-0.3, -0.25) is 4.79 Å². The minimum absolute atomic E-state index is 0.400. The highest BCUT2D eigenvalue weighted by Gasteiger charge is 2.18. The predicted octanol–water partition coefficient (Wildman–Crippen LogP) is 5.26. The molecule has 0 spiro atoms. The second-order valence-electron chi connectivity index (χ2n) is 5.00. The van der Waals surface area contributed by atoms with E-state index in [1.54, 1.807) is 12.1 Å². The van der Waals surface area contributed by atoms with E-state index < -0.39 is 11.9 Å². The van der Waals surface area contributed by atoms with Crippen LogP contribution in [0, 0.1) is 0 Å².